The van der Waals surface area contributed by atoms with Crippen molar-refractivity contribution >= 4 is 11.8 Å². The summed E-state index contributed by atoms with van der Waals surface area (Å²) in [5.41, 5.74) is -4.09. The molecular formula is C11H21F3N2S. The van der Waals surface area contributed by atoms with Crippen LogP contribution in [-0.4, -0.2) is 48.9 Å². The lowest BCUT2D eigenvalue weighted by atomic mass is 9.90. The van der Waals surface area contributed by atoms with Gasteiger partial charge in [-0.1, -0.05) is 0 Å². The van der Waals surface area contributed by atoms with E-state index in [0.29, 0.717) is 18.6 Å². The third kappa shape index (κ3) is 5.97. The minimum atomic E-state index is -4.09. The molecule has 0 aromatic carbocycles. The monoisotopic (exact) mass is 270 g/mol. The summed E-state index contributed by atoms with van der Waals surface area (Å²) in [6.07, 6.45) is 4.41. The molecule has 1 N–H and O–H groups in total. The summed E-state index contributed by atoms with van der Waals surface area (Å²) < 4.78 is 35.9. The SMILES string of the molecule is CNC1CCC(N(C)CCSC(F)(F)F)CC1. The van der Waals surface area contributed by atoms with Crippen molar-refractivity contribution in [2.45, 2.75) is 43.3 Å². The van der Waals surface area contributed by atoms with Crippen LogP contribution >= 0.6 is 11.8 Å². The van der Waals surface area contributed by atoms with Crippen LogP contribution in [-0.2, 0) is 0 Å². The van der Waals surface area contributed by atoms with Crippen LogP contribution in [0.3, 0.4) is 0 Å². The van der Waals surface area contributed by atoms with Gasteiger partial charge in [0, 0.05) is 24.4 Å². The molecule has 1 saturated carbocycles. The molecule has 0 aromatic rings. The lowest BCUT2D eigenvalue weighted by Gasteiger charge is -2.34. The molecule has 0 aromatic heterocycles. The summed E-state index contributed by atoms with van der Waals surface area (Å²) >= 11 is 0.0769. The van der Waals surface area contributed by atoms with E-state index in [4.69, 9.17) is 0 Å². The molecule has 1 aliphatic carbocycles. The Kier molecular flexibility index (Phi) is 6.09. The molecule has 1 fully saturated rings. The Hall–Kier alpha value is 0.0600. The van der Waals surface area contributed by atoms with Crippen LogP contribution in [0.15, 0.2) is 0 Å². The quantitative estimate of drug-likeness (QED) is 0.827. The molecule has 0 aliphatic heterocycles. The van der Waals surface area contributed by atoms with Gasteiger partial charge < -0.3 is 10.2 Å². The number of hydrogen-bond acceptors (Lipinski definition) is 3. The fourth-order valence-electron chi connectivity index (χ4n) is 2.29. The molecule has 0 unspecified atom stereocenters. The Bertz CT molecular complexity index is 215. The van der Waals surface area contributed by atoms with Gasteiger partial charge in [-0.3, -0.25) is 0 Å². The molecule has 0 heterocycles. The highest BCUT2D eigenvalue weighted by atomic mass is 32.2. The first-order valence-electron chi connectivity index (χ1n) is 6.00. The lowest BCUT2D eigenvalue weighted by Crippen LogP contribution is -2.40. The summed E-state index contributed by atoms with van der Waals surface area (Å²) in [4.78, 5) is 2.07. The van der Waals surface area contributed by atoms with Gasteiger partial charge in [0.05, 0.1) is 0 Å². The Labute approximate surface area is 105 Å². The van der Waals surface area contributed by atoms with Crippen LogP contribution in [0.4, 0.5) is 13.2 Å². The van der Waals surface area contributed by atoms with E-state index < -0.39 is 5.51 Å². The van der Waals surface area contributed by atoms with Crippen LogP contribution in [0, 0.1) is 0 Å². The summed E-state index contributed by atoms with van der Waals surface area (Å²) in [5.74, 6) is 0.131. The van der Waals surface area contributed by atoms with E-state index in [1.807, 2.05) is 14.1 Å². The third-order valence-electron chi connectivity index (χ3n) is 3.44. The second-order valence-electron chi connectivity index (χ2n) is 4.57. The predicted molar refractivity (Wildman–Crippen MR) is 66.2 cm³/mol. The number of hydrogen-bond donors (Lipinski definition) is 1. The molecule has 0 amide bonds. The molecule has 0 bridgehead atoms. The zero-order valence-electron chi connectivity index (χ0n) is 10.4. The van der Waals surface area contributed by atoms with E-state index in [-0.39, 0.29) is 17.5 Å². The second-order valence-corrected chi connectivity index (χ2v) is 5.73. The van der Waals surface area contributed by atoms with Crippen molar-refractivity contribution in [1.82, 2.24) is 10.2 Å². The van der Waals surface area contributed by atoms with Gasteiger partial charge in [0.25, 0.3) is 0 Å². The van der Waals surface area contributed by atoms with Crippen molar-refractivity contribution in [3.8, 4) is 0 Å². The van der Waals surface area contributed by atoms with E-state index in [1.165, 1.54) is 0 Å². The molecule has 6 heteroatoms. The van der Waals surface area contributed by atoms with Gasteiger partial charge in [0.15, 0.2) is 0 Å². The molecule has 0 saturated heterocycles. The maximum absolute atomic E-state index is 12.0. The highest BCUT2D eigenvalue weighted by Gasteiger charge is 2.28. The van der Waals surface area contributed by atoms with Crippen LogP contribution in [0.5, 0.6) is 0 Å². The van der Waals surface area contributed by atoms with Gasteiger partial charge >= 0.3 is 5.51 Å². The van der Waals surface area contributed by atoms with Crippen LogP contribution in [0.2, 0.25) is 0 Å². The predicted octanol–water partition coefficient (Wildman–Crippen LogP) is 2.70. The largest absolute Gasteiger partial charge is 0.441 e. The average Bonchev–Trinajstić information content (AvgIpc) is 2.27. The summed E-state index contributed by atoms with van der Waals surface area (Å²) in [6.45, 7) is 0.513. The average molecular weight is 270 g/mol. The summed E-state index contributed by atoms with van der Waals surface area (Å²) in [5, 5.41) is 3.26. The molecule has 17 heavy (non-hydrogen) atoms. The molecule has 2 nitrogen and oxygen atoms in total. The van der Waals surface area contributed by atoms with E-state index in [2.05, 4.69) is 10.2 Å². The maximum Gasteiger partial charge on any atom is 0.441 e. The van der Waals surface area contributed by atoms with E-state index in [0.717, 1.165) is 25.7 Å². The molecule has 0 atom stereocenters. The first-order valence-corrected chi connectivity index (χ1v) is 6.99. The topological polar surface area (TPSA) is 15.3 Å². The first-order chi connectivity index (χ1) is 7.92. The van der Waals surface area contributed by atoms with Crippen LogP contribution in [0.25, 0.3) is 0 Å². The van der Waals surface area contributed by atoms with Gasteiger partial charge in [-0.15, -0.1) is 0 Å². The van der Waals surface area contributed by atoms with Crippen molar-refractivity contribution in [2.24, 2.45) is 0 Å². The van der Waals surface area contributed by atoms with Gasteiger partial charge in [-0.2, -0.15) is 13.2 Å². The lowest BCUT2D eigenvalue weighted by molar-refractivity contribution is -0.0329. The van der Waals surface area contributed by atoms with Gasteiger partial charge in [-0.25, -0.2) is 0 Å². The number of rotatable bonds is 5. The fraction of sp³-hybridized carbons (Fsp3) is 1.00. The summed E-state index contributed by atoms with van der Waals surface area (Å²) in [7, 11) is 3.90. The Morgan fingerprint density at radius 3 is 2.29 bits per heavy atom. The highest BCUT2D eigenvalue weighted by molar-refractivity contribution is 8.00. The number of nitrogens with zero attached hydrogens (tertiary/aromatic N) is 1. The van der Waals surface area contributed by atoms with Crippen LogP contribution < -0.4 is 5.32 Å². The van der Waals surface area contributed by atoms with Crippen molar-refractivity contribution < 1.29 is 13.2 Å². The van der Waals surface area contributed by atoms with Crippen LogP contribution in [0.1, 0.15) is 25.7 Å². The second kappa shape index (κ2) is 6.85. The third-order valence-corrected chi connectivity index (χ3v) is 4.15. The smallest absolute Gasteiger partial charge is 0.317 e. The standard InChI is InChI=1S/C11H21F3N2S/c1-15-9-3-5-10(6-4-9)16(2)7-8-17-11(12,13)14/h9-10,15H,3-8H2,1-2H3. The Morgan fingerprint density at radius 1 is 1.24 bits per heavy atom. The minimum absolute atomic E-state index is 0.0769. The van der Waals surface area contributed by atoms with Gasteiger partial charge in [0.2, 0.25) is 0 Å². The van der Waals surface area contributed by atoms with Gasteiger partial charge in [0.1, 0.15) is 0 Å². The maximum atomic E-state index is 12.0. The normalized spacial score (nSPS) is 26.5. The van der Waals surface area contributed by atoms with Crippen molar-refractivity contribution in [2.75, 3.05) is 26.4 Å². The molecular weight excluding hydrogens is 249 g/mol. The van der Waals surface area contributed by atoms with E-state index >= 15 is 0 Å². The minimum Gasteiger partial charge on any atom is -0.317 e. The van der Waals surface area contributed by atoms with E-state index in [1.54, 1.807) is 0 Å². The zero-order valence-corrected chi connectivity index (χ0v) is 11.2. The Morgan fingerprint density at radius 2 is 1.82 bits per heavy atom. The molecule has 1 aliphatic rings. The van der Waals surface area contributed by atoms with Crippen molar-refractivity contribution in [3.63, 3.8) is 0 Å². The zero-order chi connectivity index (χ0) is 12.9. The van der Waals surface area contributed by atoms with Crippen molar-refractivity contribution in [1.29, 1.82) is 0 Å². The Balaban J connectivity index is 2.18. The van der Waals surface area contributed by atoms with E-state index in [9.17, 15) is 13.2 Å². The first kappa shape index (κ1) is 15.1. The van der Waals surface area contributed by atoms with Gasteiger partial charge in [-0.05, 0) is 51.5 Å². The molecule has 0 spiro atoms. The number of alkyl halides is 3. The van der Waals surface area contributed by atoms with Crippen molar-refractivity contribution in [3.05, 3.63) is 0 Å². The number of nitrogens with one attached hydrogen (secondary N) is 1. The molecule has 102 valence electrons. The summed E-state index contributed by atoms with van der Waals surface area (Å²) in [6, 6.07) is 1.04. The highest BCUT2D eigenvalue weighted by Crippen LogP contribution is 2.30. The fourth-order valence-corrected chi connectivity index (χ4v) is 2.90. The number of thioether (sulfide) groups is 1. The number of halogens is 3. The molecule has 1 rings (SSSR count). The molecule has 0 radical (unpaired) electrons.